The molecular weight excluding hydrogens is 284 g/mol. The Bertz CT molecular complexity index is 402. The fourth-order valence-corrected chi connectivity index (χ4v) is 3.40. The van der Waals surface area contributed by atoms with E-state index in [1.807, 2.05) is 11.0 Å². The molecular formula is C16H26N2O2S. The third-order valence-corrected chi connectivity index (χ3v) is 4.80. The summed E-state index contributed by atoms with van der Waals surface area (Å²) in [7, 11) is 1.68. The van der Waals surface area contributed by atoms with Crippen LogP contribution in [0.4, 0.5) is 0 Å². The molecule has 21 heavy (non-hydrogen) atoms. The Morgan fingerprint density at radius 3 is 2.86 bits per heavy atom. The SMILES string of the molecule is COCCN(Cc1cccs1)C(=O)CCN1CCCCC1. The van der Waals surface area contributed by atoms with Crippen LogP contribution >= 0.6 is 11.3 Å². The van der Waals surface area contributed by atoms with Crippen molar-refractivity contribution in [2.24, 2.45) is 0 Å². The molecule has 118 valence electrons. The normalized spacial score (nSPS) is 16.0. The number of rotatable bonds is 8. The van der Waals surface area contributed by atoms with Crippen LogP contribution in [-0.4, -0.2) is 55.6 Å². The maximum Gasteiger partial charge on any atom is 0.224 e. The number of nitrogens with zero attached hydrogens (tertiary/aromatic N) is 2. The van der Waals surface area contributed by atoms with Crippen LogP contribution in [0.3, 0.4) is 0 Å². The minimum atomic E-state index is 0.242. The molecule has 0 bridgehead atoms. The average molecular weight is 310 g/mol. The highest BCUT2D eigenvalue weighted by Crippen LogP contribution is 2.14. The fraction of sp³-hybridized carbons (Fsp3) is 0.688. The summed E-state index contributed by atoms with van der Waals surface area (Å²) in [5.74, 6) is 0.242. The smallest absolute Gasteiger partial charge is 0.224 e. The lowest BCUT2D eigenvalue weighted by Crippen LogP contribution is -2.37. The van der Waals surface area contributed by atoms with Crippen LogP contribution in [0.25, 0.3) is 0 Å². The van der Waals surface area contributed by atoms with Gasteiger partial charge in [-0.1, -0.05) is 12.5 Å². The van der Waals surface area contributed by atoms with E-state index in [0.717, 1.165) is 19.6 Å². The highest BCUT2D eigenvalue weighted by Gasteiger charge is 2.17. The Kier molecular flexibility index (Phi) is 7.19. The highest BCUT2D eigenvalue weighted by molar-refractivity contribution is 7.09. The summed E-state index contributed by atoms with van der Waals surface area (Å²) in [6.45, 7) is 5.17. The van der Waals surface area contributed by atoms with Crippen LogP contribution in [-0.2, 0) is 16.1 Å². The highest BCUT2D eigenvalue weighted by atomic mass is 32.1. The van der Waals surface area contributed by atoms with E-state index in [9.17, 15) is 4.79 Å². The molecule has 0 unspecified atom stereocenters. The average Bonchev–Trinajstić information content (AvgIpc) is 3.03. The first-order valence-electron chi connectivity index (χ1n) is 7.81. The van der Waals surface area contributed by atoms with Gasteiger partial charge in [-0.25, -0.2) is 0 Å². The van der Waals surface area contributed by atoms with Crippen LogP contribution in [0.5, 0.6) is 0 Å². The predicted molar refractivity (Wildman–Crippen MR) is 86.5 cm³/mol. The molecule has 0 atom stereocenters. The standard InChI is InChI=1S/C16H26N2O2S/c1-20-12-11-18(14-15-6-5-13-21-15)16(19)7-10-17-8-3-2-4-9-17/h5-6,13H,2-4,7-12,14H2,1H3. The first-order chi connectivity index (χ1) is 10.3. The molecule has 0 saturated carbocycles. The second-order valence-corrected chi connectivity index (χ2v) is 6.57. The van der Waals surface area contributed by atoms with Crippen molar-refractivity contribution in [2.75, 3.05) is 39.9 Å². The van der Waals surface area contributed by atoms with Crippen molar-refractivity contribution >= 4 is 17.2 Å². The van der Waals surface area contributed by atoms with Gasteiger partial charge < -0.3 is 14.5 Å². The number of ether oxygens (including phenoxy) is 1. The maximum absolute atomic E-state index is 12.5. The number of hydrogen-bond acceptors (Lipinski definition) is 4. The van der Waals surface area contributed by atoms with Crippen molar-refractivity contribution in [1.82, 2.24) is 9.80 Å². The van der Waals surface area contributed by atoms with Gasteiger partial charge in [0.15, 0.2) is 0 Å². The number of hydrogen-bond donors (Lipinski definition) is 0. The van der Waals surface area contributed by atoms with Crippen molar-refractivity contribution in [3.63, 3.8) is 0 Å². The summed E-state index contributed by atoms with van der Waals surface area (Å²) >= 11 is 1.70. The van der Waals surface area contributed by atoms with Crippen molar-refractivity contribution in [3.8, 4) is 0 Å². The van der Waals surface area contributed by atoms with Gasteiger partial charge >= 0.3 is 0 Å². The molecule has 1 fully saturated rings. The Morgan fingerprint density at radius 1 is 1.38 bits per heavy atom. The van der Waals surface area contributed by atoms with E-state index in [-0.39, 0.29) is 5.91 Å². The molecule has 1 aromatic heterocycles. The van der Waals surface area contributed by atoms with Crippen molar-refractivity contribution in [3.05, 3.63) is 22.4 Å². The molecule has 1 amide bonds. The minimum Gasteiger partial charge on any atom is -0.383 e. The van der Waals surface area contributed by atoms with Gasteiger partial charge in [-0.05, 0) is 37.4 Å². The first kappa shape index (κ1) is 16.5. The van der Waals surface area contributed by atoms with Crippen LogP contribution < -0.4 is 0 Å². The molecule has 0 radical (unpaired) electrons. The van der Waals surface area contributed by atoms with Crippen molar-refractivity contribution < 1.29 is 9.53 Å². The minimum absolute atomic E-state index is 0.242. The Hall–Kier alpha value is -0.910. The summed E-state index contributed by atoms with van der Waals surface area (Å²) in [5, 5.41) is 2.06. The van der Waals surface area contributed by atoms with Crippen LogP contribution in [0.2, 0.25) is 0 Å². The molecule has 1 aliphatic heterocycles. The summed E-state index contributed by atoms with van der Waals surface area (Å²) in [6, 6.07) is 4.12. The molecule has 5 heteroatoms. The lowest BCUT2D eigenvalue weighted by Gasteiger charge is -2.28. The number of methoxy groups -OCH3 is 1. The van der Waals surface area contributed by atoms with Crippen LogP contribution in [0.1, 0.15) is 30.6 Å². The topological polar surface area (TPSA) is 32.8 Å². The number of piperidine rings is 1. The van der Waals surface area contributed by atoms with Crippen LogP contribution in [0.15, 0.2) is 17.5 Å². The van der Waals surface area contributed by atoms with Gasteiger partial charge in [-0.3, -0.25) is 4.79 Å². The van der Waals surface area contributed by atoms with Gasteiger partial charge in [-0.2, -0.15) is 0 Å². The summed E-state index contributed by atoms with van der Waals surface area (Å²) in [6.07, 6.45) is 4.51. The van der Waals surface area contributed by atoms with Gasteiger partial charge in [0.2, 0.25) is 5.91 Å². The number of amides is 1. The number of likely N-dealkylation sites (tertiary alicyclic amines) is 1. The van der Waals surface area contributed by atoms with E-state index < -0.39 is 0 Å². The van der Waals surface area contributed by atoms with Gasteiger partial charge in [0.1, 0.15) is 0 Å². The monoisotopic (exact) mass is 310 g/mol. The Balaban J connectivity index is 1.81. The first-order valence-corrected chi connectivity index (χ1v) is 8.69. The lowest BCUT2D eigenvalue weighted by atomic mass is 10.1. The second-order valence-electron chi connectivity index (χ2n) is 5.54. The van der Waals surface area contributed by atoms with Crippen molar-refractivity contribution in [2.45, 2.75) is 32.2 Å². The summed E-state index contributed by atoms with van der Waals surface area (Å²) in [5.41, 5.74) is 0. The zero-order valence-electron chi connectivity index (χ0n) is 12.9. The molecule has 0 N–H and O–H groups in total. The third-order valence-electron chi connectivity index (χ3n) is 3.94. The lowest BCUT2D eigenvalue weighted by molar-refractivity contribution is -0.132. The zero-order chi connectivity index (χ0) is 14.9. The van der Waals surface area contributed by atoms with Gasteiger partial charge in [0.25, 0.3) is 0 Å². The summed E-state index contributed by atoms with van der Waals surface area (Å²) in [4.78, 5) is 18.0. The molecule has 2 heterocycles. The molecule has 0 aliphatic carbocycles. The molecule has 0 aromatic carbocycles. The Labute approximate surface area is 131 Å². The van der Waals surface area contributed by atoms with E-state index in [2.05, 4.69) is 16.3 Å². The molecule has 1 aliphatic rings. The quantitative estimate of drug-likeness (QED) is 0.740. The number of carbonyl (C=O) groups excluding carboxylic acids is 1. The largest absolute Gasteiger partial charge is 0.383 e. The third kappa shape index (κ3) is 5.77. The van der Waals surface area contributed by atoms with E-state index >= 15 is 0 Å². The molecule has 0 spiro atoms. The van der Waals surface area contributed by atoms with Gasteiger partial charge in [0.05, 0.1) is 13.2 Å². The molecule has 1 aromatic rings. The van der Waals surface area contributed by atoms with Crippen LogP contribution in [0, 0.1) is 0 Å². The van der Waals surface area contributed by atoms with E-state index in [4.69, 9.17) is 4.74 Å². The maximum atomic E-state index is 12.5. The Morgan fingerprint density at radius 2 is 2.19 bits per heavy atom. The fourth-order valence-electron chi connectivity index (χ4n) is 2.68. The van der Waals surface area contributed by atoms with Gasteiger partial charge in [0, 0.05) is 31.5 Å². The van der Waals surface area contributed by atoms with E-state index in [1.165, 1.54) is 24.1 Å². The molecule has 1 saturated heterocycles. The molecule has 4 nitrogen and oxygen atoms in total. The predicted octanol–water partition coefficient (Wildman–Crippen LogP) is 2.60. The number of carbonyl (C=O) groups is 1. The summed E-state index contributed by atoms with van der Waals surface area (Å²) < 4.78 is 5.14. The number of thiophene rings is 1. The van der Waals surface area contributed by atoms with Crippen molar-refractivity contribution in [1.29, 1.82) is 0 Å². The van der Waals surface area contributed by atoms with E-state index in [1.54, 1.807) is 18.4 Å². The molecule has 2 rings (SSSR count). The van der Waals surface area contributed by atoms with E-state index in [0.29, 0.717) is 26.1 Å². The second kappa shape index (κ2) is 9.18. The zero-order valence-corrected chi connectivity index (χ0v) is 13.7. The van der Waals surface area contributed by atoms with Gasteiger partial charge in [-0.15, -0.1) is 11.3 Å².